The van der Waals surface area contributed by atoms with Gasteiger partial charge in [0.05, 0.1) is 6.10 Å². The molecule has 0 spiro atoms. The molecule has 1 aromatic carbocycles. The Morgan fingerprint density at radius 1 is 1.53 bits per heavy atom. The number of aliphatic hydroxyl groups excluding tert-OH is 1. The molecule has 0 saturated heterocycles. The maximum atomic E-state index is 9.62. The van der Waals surface area contributed by atoms with Gasteiger partial charge in [-0.1, -0.05) is 28.9 Å². The molecule has 0 radical (unpaired) electrons. The van der Waals surface area contributed by atoms with Crippen LogP contribution in [0.1, 0.15) is 31.9 Å². The van der Waals surface area contributed by atoms with Crippen molar-refractivity contribution < 1.29 is 10.3 Å². The highest BCUT2D eigenvalue weighted by molar-refractivity contribution is 6.31. The van der Waals surface area contributed by atoms with Crippen molar-refractivity contribution in [1.82, 2.24) is 5.32 Å². The van der Waals surface area contributed by atoms with Crippen molar-refractivity contribution in [2.45, 2.75) is 39.0 Å². The zero-order valence-corrected chi connectivity index (χ0v) is 12.1. The van der Waals surface area contributed by atoms with Crippen molar-refractivity contribution in [3.8, 4) is 0 Å². The lowest BCUT2D eigenvalue weighted by atomic mass is 9.98. The van der Waals surface area contributed by atoms with E-state index in [1.165, 1.54) is 0 Å². The second-order valence-corrected chi connectivity index (χ2v) is 5.45. The van der Waals surface area contributed by atoms with Crippen molar-refractivity contribution in [3.63, 3.8) is 0 Å². The van der Waals surface area contributed by atoms with Crippen LogP contribution in [-0.2, 0) is 6.54 Å². The number of hydrogen-bond donors (Lipinski definition) is 4. The fourth-order valence-corrected chi connectivity index (χ4v) is 1.63. The van der Waals surface area contributed by atoms with E-state index in [1.54, 1.807) is 25.1 Å². The Balaban J connectivity index is 2.82. The van der Waals surface area contributed by atoms with Crippen LogP contribution in [-0.4, -0.2) is 27.8 Å². The topological polar surface area (TPSA) is 90.9 Å². The predicted octanol–water partition coefficient (Wildman–Crippen LogP) is 1.68. The van der Waals surface area contributed by atoms with Crippen molar-refractivity contribution in [1.29, 1.82) is 0 Å². The summed E-state index contributed by atoms with van der Waals surface area (Å²) in [5, 5.41) is 24.9. The minimum Gasteiger partial charge on any atom is -0.409 e. The number of oxime groups is 1. The van der Waals surface area contributed by atoms with E-state index >= 15 is 0 Å². The molecule has 5 nitrogen and oxygen atoms in total. The summed E-state index contributed by atoms with van der Waals surface area (Å²) in [6.07, 6.45) is -0.484. The summed E-state index contributed by atoms with van der Waals surface area (Å²) in [5.74, 6) is 0.0192. The van der Waals surface area contributed by atoms with E-state index in [9.17, 15) is 5.11 Å². The first-order valence-electron chi connectivity index (χ1n) is 5.97. The summed E-state index contributed by atoms with van der Waals surface area (Å²) >= 11 is 6.14. The smallest absolute Gasteiger partial charge is 0.170 e. The predicted molar refractivity (Wildman–Crippen MR) is 76.6 cm³/mol. The summed E-state index contributed by atoms with van der Waals surface area (Å²) < 4.78 is 0. The van der Waals surface area contributed by atoms with Gasteiger partial charge in [-0.25, -0.2) is 0 Å². The lowest BCUT2D eigenvalue weighted by molar-refractivity contribution is 0.0956. The number of nitrogens with one attached hydrogen (secondary N) is 1. The van der Waals surface area contributed by atoms with E-state index in [-0.39, 0.29) is 5.84 Å². The van der Waals surface area contributed by atoms with Gasteiger partial charge in [-0.05, 0) is 32.4 Å². The summed E-state index contributed by atoms with van der Waals surface area (Å²) in [5.41, 5.74) is 6.52. The number of benzene rings is 1. The fourth-order valence-electron chi connectivity index (χ4n) is 1.38. The molecule has 0 aliphatic carbocycles. The molecule has 19 heavy (non-hydrogen) atoms. The van der Waals surface area contributed by atoms with Crippen LogP contribution in [0.25, 0.3) is 0 Å². The lowest BCUT2D eigenvalue weighted by Gasteiger charge is -2.29. The molecule has 1 atom stereocenters. The highest BCUT2D eigenvalue weighted by Crippen LogP contribution is 2.19. The Bertz CT molecular complexity index is 473. The first kappa shape index (κ1) is 15.8. The molecule has 0 aromatic heterocycles. The maximum absolute atomic E-state index is 9.62. The van der Waals surface area contributed by atoms with Gasteiger partial charge in [-0.2, -0.15) is 0 Å². The Labute approximate surface area is 118 Å². The number of nitrogens with two attached hydrogens (primary N) is 1. The van der Waals surface area contributed by atoms with E-state index in [4.69, 9.17) is 22.5 Å². The second-order valence-electron chi connectivity index (χ2n) is 5.04. The van der Waals surface area contributed by atoms with Crippen LogP contribution in [0.5, 0.6) is 0 Å². The molecule has 0 heterocycles. The molecule has 1 unspecified atom stereocenters. The molecular weight excluding hydrogens is 266 g/mol. The highest BCUT2D eigenvalue weighted by atomic mass is 35.5. The van der Waals surface area contributed by atoms with Crippen molar-refractivity contribution in [2.24, 2.45) is 10.9 Å². The van der Waals surface area contributed by atoms with Gasteiger partial charge >= 0.3 is 0 Å². The SMILES string of the molecule is CC(O)C(C)(C)NCc1ccc(/C(N)=N/O)cc1Cl. The van der Waals surface area contributed by atoms with Gasteiger partial charge in [0.1, 0.15) is 0 Å². The first-order valence-corrected chi connectivity index (χ1v) is 6.35. The van der Waals surface area contributed by atoms with Crippen molar-refractivity contribution in [2.75, 3.05) is 0 Å². The molecule has 106 valence electrons. The Morgan fingerprint density at radius 2 is 2.16 bits per heavy atom. The normalized spacial score (nSPS) is 14.5. The largest absolute Gasteiger partial charge is 0.409 e. The van der Waals surface area contributed by atoms with Crippen LogP contribution >= 0.6 is 11.6 Å². The van der Waals surface area contributed by atoms with Gasteiger partial charge in [0, 0.05) is 22.7 Å². The number of aliphatic hydroxyl groups is 1. The average Bonchev–Trinajstić information content (AvgIpc) is 2.36. The molecule has 0 aliphatic rings. The summed E-state index contributed by atoms with van der Waals surface area (Å²) in [4.78, 5) is 0. The zero-order chi connectivity index (χ0) is 14.6. The second kappa shape index (κ2) is 6.23. The quantitative estimate of drug-likeness (QED) is 0.287. The van der Waals surface area contributed by atoms with E-state index in [0.29, 0.717) is 17.1 Å². The average molecular weight is 286 g/mol. The summed E-state index contributed by atoms with van der Waals surface area (Å²) in [7, 11) is 0. The van der Waals surface area contributed by atoms with Crippen LogP contribution in [0.3, 0.4) is 0 Å². The molecule has 0 fully saturated rings. The van der Waals surface area contributed by atoms with E-state index < -0.39 is 11.6 Å². The van der Waals surface area contributed by atoms with Gasteiger partial charge in [0.2, 0.25) is 0 Å². The number of amidine groups is 1. The first-order chi connectivity index (χ1) is 8.77. The monoisotopic (exact) mass is 285 g/mol. The van der Waals surface area contributed by atoms with Crippen molar-refractivity contribution in [3.05, 3.63) is 34.3 Å². The molecule has 0 saturated carbocycles. The molecule has 1 rings (SSSR count). The highest BCUT2D eigenvalue weighted by Gasteiger charge is 2.23. The molecule has 6 heteroatoms. The Morgan fingerprint density at radius 3 is 2.63 bits per heavy atom. The zero-order valence-electron chi connectivity index (χ0n) is 11.3. The van der Waals surface area contributed by atoms with Crippen LogP contribution in [0.2, 0.25) is 5.02 Å². The van der Waals surface area contributed by atoms with Crippen molar-refractivity contribution >= 4 is 17.4 Å². The standard InChI is InChI=1S/C13H20ClN3O2/c1-8(18)13(2,3)16-7-10-5-4-9(6-11(10)14)12(15)17-19/h4-6,8,16,18-19H,7H2,1-3H3,(H2,15,17). The van der Waals surface area contributed by atoms with E-state index in [0.717, 1.165) is 5.56 Å². The van der Waals surface area contributed by atoms with E-state index in [2.05, 4.69) is 10.5 Å². The maximum Gasteiger partial charge on any atom is 0.170 e. The number of hydrogen-bond acceptors (Lipinski definition) is 4. The molecule has 0 aliphatic heterocycles. The Hall–Kier alpha value is -1.30. The van der Waals surface area contributed by atoms with Crippen LogP contribution < -0.4 is 11.1 Å². The molecular formula is C13H20ClN3O2. The Kier molecular flexibility index (Phi) is 5.17. The third kappa shape index (κ3) is 4.09. The third-order valence-corrected chi connectivity index (χ3v) is 3.59. The van der Waals surface area contributed by atoms with Crippen LogP contribution in [0, 0.1) is 0 Å². The van der Waals surface area contributed by atoms with Crippen LogP contribution in [0.4, 0.5) is 0 Å². The number of nitrogens with zero attached hydrogens (tertiary/aromatic N) is 1. The van der Waals surface area contributed by atoms with Gasteiger partial charge in [-0.3, -0.25) is 0 Å². The van der Waals surface area contributed by atoms with Gasteiger partial charge in [-0.15, -0.1) is 0 Å². The molecule has 0 amide bonds. The fraction of sp³-hybridized carbons (Fsp3) is 0.462. The number of rotatable bonds is 5. The van der Waals surface area contributed by atoms with Gasteiger partial charge < -0.3 is 21.4 Å². The third-order valence-electron chi connectivity index (χ3n) is 3.24. The number of halogens is 1. The molecule has 5 N–H and O–H groups in total. The summed E-state index contributed by atoms with van der Waals surface area (Å²) in [6, 6.07) is 5.18. The molecule has 1 aromatic rings. The summed E-state index contributed by atoms with van der Waals surface area (Å²) in [6.45, 7) is 6.08. The molecule has 0 bridgehead atoms. The lowest BCUT2D eigenvalue weighted by Crippen LogP contribution is -2.47. The van der Waals surface area contributed by atoms with Gasteiger partial charge in [0.15, 0.2) is 5.84 Å². The minimum atomic E-state index is -0.484. The van der Waals surface area contributed by atoms with E-state index in [1.807, 2.05) is 13.8 Å². The van der Waals surface area contributed by atoms with Crippen LogP contribution in [0.15, 0.2) is 23.4 Å². The van der Waals surface area contributed by atoms with Gasteiger partial charge in [0.25, 0.3) is 0 Å². The minimum absolute atomic E-state index is 0.0192.